The molecule has 2 aromatic rings. The minimum atomic E-state index is -0.584. The Bertz CT molecular complexity index is 1140. The van der Waals surface area contributed by atoms with Crippen molar-refractivity contribution in [2.75, 3.05) is 51.7 Å². The smallest absolute Gasteiger partial charge is 0.367 e. The molecule has 0 aliphatic carbocycles. The van der Waals surface area contributed by atoms with Crippen LogP contribution in [0, 0.1) is 12.7 Å². The summed E-state index contributed by atoms with van der Waals surface area (Å²) < 4.78 is 18.1. The van der Waals surface area contributed by atoms with Crippen LogP contribution in [0.4, 0.5) is 20.8 Å². The third-order valence-corrected chi connectivity index (χ3v) is 6.86. The van der Waals surface area contributed by atoms with Gasteiger partial charge in [-0.2, -0.15) is 0 Å². The molecule has 174 valence electrons. The number of aliphatic imine (C=N–C) groups is 1. The summed E-state index contributed by atoms with van der Waals surface area (Å²) in [5, 5.41) is 0. The Morgan fingerprint density at radius 2 is 1.79 bits per heavy atom. The molecule has 0 saturated carbocycles. The van der Waals surface area contributed by atoms with E-state index in [0.717, 1.165) is 56.3 Å². The van der Waals surface area contributed by atoms with E-state index in [0.29, 0.717) is 17.5 Å². The second kappa shape index (κ2) is 8.26. The van der Waals surface area contributed by atoms with Gasteiger partial charge in [0.2, 0.25) is 11.9 Å². The van der Waals surface area contributed by atoms with Crippen LogP contribution in [0.25, 0.3) is 0 Å². The number of fused-ring (bicyclic) bond motifs is 3. The molecule has 3 aliphatic rings. The first kappa shape index (κ1) is 21.6. The van der Waals surface area contributed by atoms with E-state index in [9.17, 15) is 14.0 Å². The van der Waals surface area contributed by atoms with Crippen molar-refractivity contribution < 1.29 is 18.5 Å². The Balaban J connectivity index is 1.22. The van der Waals surface area contributed by atoms with Crippen molar-refractivity contribution in [1.82, 2.24) is 19.3 Å². The van der Waals surface area contributed by atoms with Crippen molar-refractivity contribution in [3.05, 3.63) is 42.0 Å². The highest BCUT2D eigenvalue weighted by atomic mass is 19.1. The molecule has 1 atom stereocenters. The monoisotopic (exact) mass is 454 g/mol. The van der Waals surface area contributed by atoms with Crippen LogP contribution in [-0.4, -0.2) is 83.9 Å². The average Bonchev–Trinajstić information content (AvgIpc) is 3.32. The molecule has 9 nitrogen and oxygen atoms in total. The number of carbonyl (C=O) groups is 2. The molecule has 2 fully saturated rings. The lowest BCUT2D eigenvalue weighted by Crippen LogP contribution is -2.61. The number of nitrogens with zero attached hydrogens (tertiary/aromatic N) is 7. The van der Waals surface area contributed by atoms with E-state index in [-0.39, 0.29) is 17.8 Å². The van der Waals surface area contributed by atoms with Gasteiger partial charge in [0.05, 0.1) is 12.2 Å². The van der Waals surface area contributed by atoms with Crippen molar-refractivity contribution in [3.63, 3.8) is 0 Å². The third-order valence-electron chi connectivity index (χ3n) is 6.86. The van der Waals surface area contributed by atoms with Gasteiger partial charge < -0.3 is 4.90 Å². The standard InChI is InChI=1S/C23H29FN7O2/c1-16-15-31-19-20(26(2)23(33)27(3)21(19)32)25-22(31)30(16)10-6-9-28-11-13-29(14-12-28)18-8-5-4-7-17(18)24/h4-5,7-8,15,19H,6,9-14H2,1-3H3/q+1. The lowest BCUT2D eigenvalue weighted by molar-refractivity contribution is -0.677. The Hall–Kier alpha value is -3.27. The van der Waals surface area contributed by atoms with Crippen molar-refractivity contribution in [1.29, 1.82) is 0 Å². The number of para-hydroxylation sites is 1. The number of halogens is 1. The quantitative estimate of drug-likeness (QED) is 0.643. The second-order valence-corrected chi connectivity index (χ2v) is 8.87. The number of amidine groups is 1. The minimum Gasteiger partial charge on any atom is -0.367 e. The van der Waals surface area contributed by atoms with Gasteiger partial charge in [0.25, 0.3) is 5.91 Å². The van der Waals surface area contributed by atoms with E-state index in [1.165, 1.54) is 18.0 Å². The molecular weight excluding hydrogens is 425 g/mol. The van der Waals surface area contributed by atoms with Gasteiger partial charge in [0.15, 0.2) is 0 Å². The molecule has 1 aromatic heterocycles. The molecule has 5 rings (SSSR count). The van der Waals surface area contributed by atoms with Crippen LogP contribution in [0.3, 0.4) is 0 Å². The number of likely N-dealkylation sites (N-methyl/N-ethyl adjacent to an activating group) is 2. The SMILES string of the molecule is Cc1c[n+]2c(n1CCCN1CCN(c3ccccc3F)CC1)N=C1C2C(=O)N(C)C(=O)N1C. The summed E-state index contributed by atoms with van der Waals surface area (Å²) in [5.74, 6) is 0.765. The fraction of sp³-hybridized carbons (Fsp3) is 0.478. The maximum Gasteiger partial charge on any atom is 0.401 e. The fourth-order valence-corrected chi connectivity index (χ4v) is 4.96. The van der Waals surface area contributed by atoms with Gasteiger partial charge in [-0.1, -0.05) is 17.1 Å². The number of aryl methyl sites for hydroxylation is 1. The van der Waals surface area contributed by atoms with E-state index < -0.39 is 6.04 Å². The Kier molecular flexibility index (Phi) is 5.40. The van der Waals surface area contributed by atoms with E-state index in [4.69, 9.17) is 0 Å². The summed E-state index contributed by atoms with van der Waals surface area (Å²) in [5.41, 5.74) is 1.71. The van der Waals surface area contributed by atoms with Gasteiger partial charge in [-0.05, 0) is 25.5 Å². The number of amides is 3. The summed E-state index contributed by atoms with van der Waals surface area (Å²) in [6.45, 7) is 7.11. The number of aromatic nitrogens is 2. The Morgan fingerprint density at radius 1 is 1.06 bits per heavy atom. The van der Waals surface area contributed by atoms with E-state index in [1.807, 2.05) is 29.8 Å². The van der Waals surface area contributed by atoms with Gasteiger partial charge in [-0.3, -0.25) is 19.5 Å². The Labute approximate surface area is 192 Å². The van der Waals surface area contributed by atoms with Crippen LogP contribution in [0.15, 0.2) is 35.5 Å². The lowest BCUT2D eigenvalue weighted by Gasteiger charge is -2.36. The van der Waals surface area contributed by atoms with Gasteiger partial charge >= 0.3 is 12.0 Å². The van der Waals surface area contributed by atoms with Crippen LogP contribution in [-0.2, 0) is 11.3 Å². The van der Waals surface area contributed by atoms with Gasteiger partial charge in [-0.25, -0.2) is 18.3 Å². The van der Waals surface area contributed by atoms with Gasteiger partial charge in [0.1, 0.15) is 17.7 Å². The third kappa shape index (κ3) is 3.58. The number of hydrogen-bond donors (Lipinski definition) is 0. The molecule has 0 radical (unpaired) electrons. The summed E-state index contributed by atoms with van der Waals surface area (Å²) in [6, 6.07) is 6.00. The first-order valence-electron chi connectivity index (χ1n) is 11.3. The van der Waals surface area contributed by atoms with Crippen LogP contribution >= 0.6 is 0 Å². The number of imidazole rings is 1. The van der Waals surface area contributed by atoms with Crippen LogP contribution in [0.1, 0.15) is 18.2 Å². The van der Waals surface area contributed by atoms with Crippen molar-refractivity contribution in [2.45, 2.75) is 25.9 Å². The molecular formula is C23H29FN7O2+. The van der Waals surface area contributed by atoms with Crippen molar-refractivity contribution in [3.8, 4) is 0 Å². The highest BCUT2D eigenvalue weighted by Gasteiger charge is 2.52. The predicted molar refractivity (Wildman–Crippen MR) is 121 cm³/mol. The number of carbonyl (C=O) groups excluding carboxylic acids is 2. The molecule has 3 amide bonds. The highest BCUT2D eigenvalue weighted by Crippen LogP contribution is 2.28. The fourth-order valence-electron chi connectivity index (χ4n) is 4.96. The zero-order valence-corrected chi connectivity index (χ0v) is 19.2. The molecule has 4 heterocycles. The van der Waals surface area contributed by atoms with E-state index >= 15 is 0 Å². The Morgan fingerprint density at radius 3 is 2.52 bits per heavy atom. The summed E-state index contributed by atoms with van der Waals surface area (Å²) in [6.07, 6.45) is 2.87. The molecule has 0 bridgehead atoms. The van der Waals surface area contributed by atoms with Gasteiger partial charge in [-0.15, -0.1) is 0 Å². The van der Waals surface area contributed by atoms with E-state index in [1.54, 1.807) is 13.1 Å². The molecule has 1 aromatic carbocycles. The molecule has 10 heteroatoms. The largest absolute Gasteiger partial charge is 0.401 e. The van der Waals surface area contributed by atoms with Crippen LogP contribution in [0.2, 0.25) is 0 Å². The average molecular weight is 455 g/mol. The molecule has 2 saturated heterocycles. The number of rotatable bonds is 5. The molecule has 1 unspecified atom stereocenters. The first-order chi connectivity index (χ1) is 15.9. The summed E-state index contributed by atoms with van der Waals surface area (Å²) in [7, 11) is 3.16. The summed E-state index contributed by atoms with van der Waals surface area (Å²) >= 11 is 0. The number of benzene rings is 1. The molecule has 3 aliphatic heterocycles. The zero-order valence-electron chi connectivity index (χ0n) is 19.2. The topological polar surface area (TPSA) is 68.3 Å². The second-order valence-electron chi connectivity index (χ2n) is 8.87. The normalized spacial score (nSPS) is 20.9. The first-order valence-corrected chi connectivity index (χ1v) is 11.3. The lowest BCUT2D eigenvalue weighted by atomic mass is 10.2. The number of anilines is 1. The highest BCUT2D eigenvalue weighted by molar-refractivity contribution is 6.18. The van der Waals surface area contributed by atoms with Crippen molar-refractivity contribution >= 4 is 29.4 Å². The molecule has 0 N–H and O–H groups in total. The van der Waals surface area contributed by atoms with Gasteiger partial charge in [0, 0.05) is 46.8 Å². The maximum absolute atomic E-state index is 14.1. The van der Waals surface area contributed by atoms with E-state index in [2.05, 4.69) is 19.4 Å². The zero-order chi connectivity index (χ0) is 23.3. The summed E-state index contributed by atoms with van der Waals surface area (Å²) in [4.78, 5) is 36.8. The number of piperazine rings is 1. The maximum atomic E-state index is 14.1. The molecule has 33 heavy (non-hydrogen) atoms. The predicted octanol–water partition coefficient (Wildman–Crippen LogP) is 1.54. The van der Waals surface area contributed by atoms with Crippen molar-refractivity contribution in [2.24, 2.45) is 4.99 Å². The number of hydrogen-bond acceptors (Lipinski definition) is 5. The molecule has 0 spiro atoms. The number of imide groups is 1. The minimum absolute atomic E-state index is 0.167. The number of urea groups is 1. The van der Waals surface area contributed by atoms with Crippen LogP contribution < -0.4 is 9.47 Å². The van der Waals surface area contributed by atoms with Crippen LogP contribution in [0.5, 0.6) is 0 Å².